The van der Waals surface area contributed by atoms with Gasteiger partial charge < -0.3 is 10.2 Å². The predicted octanol–water partition coefficient (Wildman–Crippen LogP) is 6.77. The van der Waals surface area contributed by atoms with Crippen LogP contribution in [-0.4, -0.2) is 12.5 Å². The monoisotopic (exact) mass is 456 g/mol. The second kappa shape index (κ2) is 8.69. The van der Waals surface area contributed by atoms with Crippen molar-refractivity contribution in [3.8, 4) is 0 Å². The van der Waals surface area contributed by atoms with Gasteiger partial charge in [-0.15, -0.1) is 0 Å². The third-order valence-corrected chi connectivity index (χ3v) is 5.47. The molecule has 1 heterocycles. The Hall–Kier alpha value is -2.28. The molecule has 31 heavy (non-hydrogen) atoms. The normalized spacial score (nSPS) is 14.4. The predicted molar refractivity (Wildman–Crippen MR) is 115 cm³/mol. The number of fused-ring (bicyclic) bond motifs is 1. The highest BCUT2D eigenvalue weighted by molar-refractivity contribution is 6.34. The maximum absolute atomic E-state index is 13.8. The summed E-state index contributed by atoms with van der Waals surface area (Å²) >= 11 is 6.39. The lowest BCUT2D eigenvalue weighted by Gasteiger charge is -2.32. The van der Waals surface area contributed by atoms with Gasteiger partial charge in [0.2, 0.25) is 5.91 Å². The second-order valence-corrected chi connectivity index (χ2v) is 9.44. The first-order valence-corrected chi connectivity index (χ1v) is 10.4. The van der Waals surface area contributed by atoms with E-state index in [0.717, 1.165) is 11.6 Å². The van der Waals surface area contributed by atoms with Crippen molar-refractivity contribution in [3.05, 3.63) is 57.6 Å². The molecule has 0 saturated heterocycles. The average Bonchev–Trinajstić information content (AvgIpc) is 2.66. The Bertz CT molecular complexity index is 983. The number of carbonyl (C=O) groups is 1. The number of nitrogens with zero attached hydrogens (tertiary/aromatic N) is 1. The standard InChI is InChI=1S/C23H25ClF4N2O/c1-22(2,3)11-20(31)29-21-16(12-25)9-18(10-19(21)24)30-7-6-14-8-17(23(26,27)28)5-4-15(14)13-30/h4-5,8-10H,6-7,11-13H2,1-3H3,(H,29,31). The Morgan fingerprint density at radius 1 is 1.13 bits per heavy atom. The lowest BCUT2D eigenvalue weighted by atomic mass is 9.92. The van der Waals surface area contributed by atoms with Crippen molar-refractivity contribution in [1.82, 2.24) is 0 Å². The zero-order valence-corrected chi connectivity index (χ0v) is 18.4. The van der Waals surface area contributed by atoms with Gasteiger partial charge in [-0.3, -0.25) is 4.79 Å². The molecule has 1 N–H and O–H groups in total. The Labute approximate surface area is 184 Å². The zero-order chi connectivity index (χ0) is 23.0. The summed E-state index contributed by atoms with van der Waals surface area (Å²) in [6.07, 6.45) is -3.67. The number of benzene rings is 2. The van der Waals surface area contributed by atoms with E-state index >= 15 is 0 Å². The number of rotatable bonds is 4. The number of amides is 1. The molecule has 0 spiro atoms. The Balaban J connectivity index is 1.83. The fourth-order valence-corrected chi connectivity index (χ4v) is 3.97. The summed E-state index contributed by atoms with van der Waals surface area (Å²) in [5.74, 6) is -0.246. The molecular formula is C23H25ClF4N2O. The van der Waals surface area contributed by atoms with Gasteiger partial charge in [0.05, 0.1) is 16.3 Å². The van der Waals surface area contributed by atoms with E-state index in [4.69, 9.17) is 11.6 Å². The first-order valence-electron chi connectivity index (χ1n) is 9.99. The lowest BCUT2D eigenvalue weighted by molar-refractivity contribution is -0.137. The summed E-state index contributed by atoms with van der Waals surface area (Å²) in [5.41, 5.74) is 1.76. The van der Waals surface area contributed by atoms with Crippen LogP contribution in [0.25, 0.3) is 0 Å². The molecule has 0 radical (unpaired) electrons. The van der Waals surface area contributed by atoms with Crippen LogP contribution in [0.5, 0.6) is 0 Å². The van der Waals surface area contributed by atoms with E-state index in [2.05, 4.69) is 5.32 Å². The van der Waals surface area contributed by atoms with Crippen LogP contribution in [0, 0.1) is 5.41 Å². The second-order valence-electron chi connectivity index (χ2n) is 9.03. The molecule has 2 aromatic carbocycles. The topological polar surface area (TPSA) is 32.3 Å². The summed E-state index contributed by atoms with van der Waals surface area (Å²) < 4.78 is 52.6. The van der Waals surface area contributed by atoms with Crippen molar-refractivity contribution in [3.63, 3.8) is 0 Å². The number of alkyl halides is 4. The minimum atomic E-state index is -4.37. The van der Waals surface area contributed by atoms with Crippen molar-refractivity contribution in [2.75, 3.05) is 16.8 Å². The van der Waals surface area contributed by atoms with Crippen molar-refractivity contribution in [2.24, 2.45) is 5.41 Å². The van der Waals surface area contributed by atoms with Crippen molar-refractivity contribution < 1.29 is 22.4 Å². The third-order valence-electron chi connectivity index (χ3n) is 5.17. The van der Waals surface area contributed by atoms with Crippen LogP contribution in [0.3, 0.4) is 0 Å². The largest absolute Gasteiger partial charge is 0.416 e. The smallest absolute Gasteiger partial charge is 0.367 e. The van der Waals surface area contributed by atoms with Gasteiger partial charge in [-0.2, -0.15) is 13.2 Å². The number of anilines is 2. The molecule has 0 fully saturated rings. The molecule has 0 atom stereocenters. The quantitative estimate of drug-likeness (QED) is 0.515. The van der Waals surface area contributed by atoms with E-state index in [1.54, 1.807) is 12.1 Å². The van der Waals surface area contributed by atoms with Gasteiger partial charge in [-0.1, -0.05) is 38.4 Å². The summed E-state index contributed by atoms with van der Waals surface area (Å²) in [5, 5.41) is 2.94. The van der Waals surface area contributed by atoms with E-state index in [1.807, 2.05) is 25.7 Å². The molecule has 0 unspecified atom stereocenters. The van der Waals surface area contributed by atoms with E-state index in [1.165, 1.54) is 12.1 Å². The molecule has 1 amide bonds. The van der Waals surface area contributed by atoms with Gasteiger partial charge in [0.15, 0.2) is 0 Å². The summed E-state index contributed by atoms with van der Waals surface area (Å²) in [7, 11) is 0. The van der Waals surface area contributed by atoms with Crippen LogP contribution >= 0.6 is 11.6 Å². The van der Waals surface area contributed by atoms with Crippen LogP contribution in [0.15, 0.2) is 30.3 Å². The van der Waals surface area contributed by atoms with Gasteiger partial charge in [-0.05, 0) is 47.2 Å². The van der Waals surface area contributed by atoms with Gasteiger partial charge >= 0.3 is 6.18 Å². The van der Waals surface area contributed by atoms with Crippen LogP contribution in [-0.2, 0) is 30.6 Å². The Morgan fingerprint density at radius 2 is 1.84 bits per heavy atom. The first kappa shape index (κ1) is 23.4. The van der Waals surface area contributed by atoms with E-state index in [9.17, 15) is 22.4 Å². The molecule has 0 saturated carbocycles. The third kappa shape index (κ3) is 5.70. The highest BCUT2D eigenvalue weighted by Gasteiger charge is 2.31. The molecule has 3 rings (SSSR count). The molecule has 168 valence electrons. The van der Waals surface area contributed by atoms with Crippen molar-refractivity contribution >= 4 is 28.9 Å². The van der Waals surface area contributed by atoms with E-state index in [-0.39, 0.29) is 34.0 Å². The Morgan fingerprint density at radius 3 is 2.45 bits per heavy atom. The molecule has 8 heteroatoms. The SMILES string of the molecule is CC(C)(C)CC(=O)Nc1c(Cl)cc(N2CCc3cc(C(F)(F)F)ccc3C2)cc1CF. The van der Waals surface area contributed by atoms with Gasteiger partial charge in [0, 0.05) is 30.8 Å². The van der Waals surface area contributed by atoms with Gasteiger partial charge in [-0.25, -0.2) is 4.39 Å². The van der Waals surface area contributed by atoms with Crippen LogP contribution < -0.4 is 10.2 Å². The first-order chi connectivity index (χ1) is 14.4. The highest BCUT2D eigenvalue weighted by atomic mass is 35.5. The fourth-order valence-electron chi connectivity index (χ4n) is 3.69. The highest BCUT2D eigenvalue weighted by Crippen LogP contribution is 2.36. The van der Waals surface area contributed by atoms with Gasteiger partial charge in [0.25, 0.3) is 0 Å². The number of nitrogens with one attached hydrogen (secondary N) is 1. The van der Waals surface area contributed by atoms with Crippen LogP contribution in [0.4, 0.5) is 28.9 Å². The minimum Gasteiger partial charge on any atom is -0.367 e. The molecular weight excluding hydrogens is 432 g/mol. The molecule has 2 aromatic rings. The average molecular weight is 457 g/mol. The number of halogens is 5. The number of carbonyl (C=O) groups excluding carboxylic acids is 1. The zero-order valence-electron chi connectivity index (χ0n) is 17.7. The molecule has 1 aliphatic heterocycles. The maximum atomic E-state index is 13.8. The van der Waals surface area contributed by atoms with E-state index in [0.29, 0.717) is 30.8 Å². The van der Waals surface area contributed by atoms with E-state index < -0.39 is 18.4 Å². The summed E-state index contributed by atoms with van der Waals surface area (Å²) in [6.45, 7) is 5.85. The maximum Gasteiger partial charge on any atom is 0.416 e. The van der Waals surface area contributed by atoms with Crippen molar-refractivity contribution in [2.45, 2.75) is 53.0 Å². The molecule has 0 bridgehead atoms. The Kier molecular flexibility index (Phi) is 6.56. The molecule has 0 aromatic heterocycles. The lowest BCUT2D eigenvalue weighted by Crippen LogP contribution is -2.30. The van der Waals surface area contributed by atoms with Gasteiger partial charge in [0.1, 0.15) is 6.67 Å². The molecule has 3 nitrogen and oxygen atoms in total. The summed E-state index contributed by atoms with van der Waals surface area (Å²) in [6, 6.07) is 7.05. The number of hydrogen-bond acceptors (Lipinski definition) is 2. The number of hydrogen-bond donors (Lipinski definition) is 1. The minimum absolute atomic E-state index is 0.223. The van der Waals surface area contributed by atoms with Crippen LogP contribution in [0.1, 0.15) is 49.4 Å². The molecule has 1 aliphatic rings. The summed E-state index contributed by atoms with van der Waals surface area (Å²) in [4.78, 5) is 14.2. The fraction of sp³-hybridized carbons (Fsp3) is 0.435. The molecule has 0 aliphatic carbocycles. The van der Waals surface area contributed by atoms with Crippen molar-refractivity contribution in [1.29, 1.82) is 0 Å². The van der Waals surface area contributed by atoms with Crippen LogP contribution in [0.2, 0.25) is 5.02 Å².